The summed E-state index contributed by atoms with van der Waals surface area (Å²) >= 11 is 9.35. The molecule has 1 saturated heterocycles. The molecule has 2 aromatic carbocycles. The maximum absolute atomic E-state index is 12.4. The maximum Gasteiger partial charge on any atom is 0.311 e. The number of anilines is 2. The number of carbonyl (C=O) groups is 3. The summed E-state index contributed by atoms with van der Waals surface area (Å²) < 4.78 is 5.91. The van der Waals surface area contributed by atoms with Crippen molar-refractivity contribution in [3.63, 3.8) is 0 Å². The summed E-state index contributed by atoms with van der Waals surface area (Å²) in [5.74, 6) is -1.79. The van der Waals surface area contributed by atoms with Gasteiger partial charge in [0.25, 0.3) is 5.91 Å². The van der Waals surface area contributed by atoms with Gasteiger partial charge in [0.2, 0.25) is 5.91 Å². The van der Waals surface area contributed by atoms with Crippen LogP contribution in [0.4, 0.5) is 11.4 Å². The summed E-state index contributed by atoms with van der Waals surface area (Å²) in [6.45, 7) is 1.82. The third kappa shape index (κ3) is 5.16. The van der Waals surface area contributed by atoms with Crippen LogP contribution in [-0.4, -0.2) is 30.9 Å². The van der Waals surface area contributed by atoms with E-state index in [4.69, 9.17) is 16.3 Å². The van der Waals surface area contributed by atoms with Gasteiger partial charge in [-0.15, -0.1) is 0 Å². The van der Waals surface area contributed by atoms with E-state index in [1.165, 1.54) is 0 Å². The van der Waals surface area contributed by atoms with Crippen molar-refractivity contribution in [2.75, 3.05) is 23.4 Å². The summed E-state index contributed by atoms with van der Waals surface area (Å²) in [6, 6.07) is 12.7. The number of aryl methyl sites for hydroxylation is 1. The zero-order valence-electron chi connectivity index (χ0n) is 15.8. The van der Waals surface area contributed by atoms with Crippen LogP contribution in [0.1, 0.15) is 18.9 Å². The summed E-state index contributed by atoms with van der Waals surface area (Å²) in [5, 5.41) is 2.96. The van der Waals surface area contributed by atoms with Gasteiger partial charge in [-0.2, -0.15) is 0 Å². The predicted molar refractivity (Wildman–Crippen MR) is 115 cm³/mol. The first-order valence-corrected chi connectivity index (χ1v) is 10.4. The second-order valence-electron chi connectivity index (χ2n) is 6.67. The van der Waals surface area contributed by atoms with Crippen molar-refractivity contribution in [3.05, 3.63) is 57.5 Å². The number of hydrogen-bond donors (Lipinski definition) is 1. The van der Waals surface area contributed by atoms with Crippen LogP contribution < -0.4 is 10.2 Å². The fourth-order valence-corrected chi connectivity index (χ4v) is 3.92. The molecule has 0 aromatic heterocycles. The largest absolute Gasteiger partial charge is 0.455 e. The number of halogens is 2. The fraction of sp³-hybridized carbons (Fsp3) is 0.286. The maximum atomic E-state index is 12.4. The number of nitrogens with one attached hydrogen (secondary N) is 1. The van der Waals surface area contributed by atoms with Crippen LogP contribution in [0.25, 0.3) is 0 Å². The molecule has 0 bridgehead atoms. The zero-order valence-corrected chi connectivity index (χ0v) is 18.1. The van der Waals surface area contributed by atoms with E-state index < -0.39 is 24.4 Å². The monoisotopic (exact) mass is 478 g/mol. The van der Waals surface area contributed by atoms with E-state index in [2.05, 4.69) is 21.2 Å². The molecule has 0 saturated carbocycles. The second-order valence-corrected chi connectivity index (χ2v) is 7.99. The van der Waals surface area contributed by atoms with Gasteiger partial charge in [-0.25, -0.2) is 0 Å². The number of amides is 2. The van der Waals surface area contributed by atoms with Crippen LogP contribution >= 0.6 is 27.5 Å². The number of hydrogen-bond acceptors (Lipinski definition) is 4. The van der Waals surface area contributed by atoms with E-state index in [9.17, 15) is 14.4 Å². The molecule has 1 fully saturated rings. The molecule has 2 amide bonds. The average molecular weight is 480 g/mol. The Morgan fingerprint density at radius 2 is 2.03 bits per heavy atom. The van der Waals surface area contributed by atoms with Crippen LogP contribution in [0.5, 0.6) is 0 Å². The van der Waals surface area contributed by atoms with Crippen molar-refractivity contribution in [2.24, 2.45) is 5.92 Å². The SMILES string of the molecule is CCc1ccccc1N1C[C@H](C(=O)OCC(=O)Nc2ccc(Br)cc2Cl)CC1=O. The quantitative estimate of drug-likeness (QED) is 0.630. The van der Waals surface area contributed by atoms with Gasteiger partial charge in [0.15, 0.2) is 6.61 Å². The molecule has 0 aliphatic carbocycles. The Balaban J connectivity index is 1.56. The van der Waals surface area contributed by atoms with Gasteiger partial charge in [0.05, 0.1) is 16.6 Å². The van der Waals surface area contributed by atoms with Crippen LogP contribution in [0.3, 0.4) is 0 Å². The Hall–Kier alpha value is -2.38. The minimum atomic E-state index is -0.600. The first-order valence-electron chi connectivity index (χ1n) is 9.18. The van der Waals surface area contributed by atoms with Gasteiger partial charge in [0, 0.05) is 23.1 Å². The van der Waals surface area contributed by atoms with E-state index in [-0.39, 0.29) is 18.9 Å². The van der Waals surface area contributed by atoms with E-state index in [1.54, 1.807) is 23.1 Å². The molecule has 2 aromatic rings. The molecule has 1 aliphatic rings. The first-order chi connectivity index (χ1) is 13.9. The third-order valence-corrected chi connectivity index (χ3v) is 5.48. The number of nitrogens with zero attached hydrogens (tertiary/aromatic N) is 1. The third-order valence-electron chi connectivity index (χ3n) is 4.67. The molecule has 1 heterocycles. The van der Waals surface area contributed by atoms with Crippen molar-refractivity contribution in [1.82, 2.24) is 0 Å². The van der Waals surface area contributed by atoms with E-state index >= 15 is 0 Å². The molecule has 3 rings (SSSR count). The standard InChI is InChI=1S/C21H20BrClN2O4/c1-2-13-5-3-4-6-18(13)25-11-14(9-20(25)27)21(28)29-12-19(26)24-17-8-7-15(22)10-16(17)23/h3-8,10,14H,2,9,11-12H2,1H3,(H,24,26)/t14-/m1/s1. The molecule has 0 radical (unpaired) electrons. The molecule has 1 N–H and O–H groups in total. The summed E-state index contributed by atoms with van der Waals surface area (Å²) in [5.41, 5.74) is 2.29. The van der Waals surface area contributed by atoms with Crippen molar-refractivity contribution in [3.8, 4) is 0 Å². The number of para-hydroxylation sites is 1. The van der Waals surface area contributed by atoms with Crippen LogP contribution in [0, 0.1) is 5.92 Å². The lowest BCUT2D eigenvalue weighted by Crippen LogP contribution is -2.28. The van der Waals surface area contributed by atoms with Crippen LogP contribution in [0.2, 0.25) is 5.02 Å². The molecular formula is C21H20BrClN2O4. The Morgan fingerprint density at radius 1 is 1.28 bits per heavy atom. The van der Waals surface area contributed by atoms with Gasteiger partial charge < -0.3 is 15.0 Å². The Morgan fingerprint density at radius 3 is 2.76 bits per heavy atom. The molecule has 1 aliphatic heterocycles. The highest BCUT2D eigenvalue weighted by Gasteiger charge is 2.37. The normalized spacial score (nSPS) is 16.0. The number of rotatable bonds is 6. The molecule has 0 spiro atoms. The molecular weight excluding hydrogens is 460 g/mol. The summed E-state index contributed by atoms with van der Waals surface area (Å²) in [7, 11) is 0. The van der Waals surface area contributed by atoms with Crippen molar-refractivity contribution < 1.29 is 19.1 Å². The highest BCUT2D eigenvalue weighted by atomic mass is 79.9. The Labute approximate surface area is 182 Å². The summed E-state index contributed by atoms with van der Waals surface area (Å²) in [6.07, 6.45) is 0.852. The Bertz CT molecular complexity index is 950. The highest BCUT2D eigenvalue weighted by Crippen LogP contribution is 2.29. The number of esters is 1. The Kier molecular flexibility index (Phi) is 6.92. The highest BCUT2D eigenvalue weighted by molar-refractivity contribution is 9.10. The molecule has 29 heavy (non-hydrogen) atoms. The van der Waals surface area contributed by atoms with E-state index in [0.717, 1.165) is 22.1 Å². The van der Waals surface area contributed by atoms with Crippen molar-refractivity contribution in [1.29, 1.82) is 0 Å². The van der Waals surface area contributed by atoms with Gasteiger partial charge in [-0.05, 0) is 36.2 Å². The fourth-order valence-electron chi connectivity index (χ4n) is 3.20. The topological polar surface area (TPSA) is 75.7 Å². The van der Waals surface area contributed by atoms with E-state index in [0.29, 0.717) is 10.7 Å². The average Bonchev–Trinajstić information content (AvgIpc) is 3.09. The van der Waals surface area contributed by atoms with Gasteiger partial charge >= 0.3 is 5.97 Å². The molecule has 0 unspecified atom stereocenters. The molecule has 6 nitrogen and oxygen atoms in total. The van der Waals surface area contributed by atoms with Gasteiger partial charge in [0.1, 0.15) is 0 Å². The molecule has 152 valence electrons. The van der Waals surface area contributed by atoms with Gasteiger partial charge in [-0.1, -0.05) is 52.7 Å². The lowest BCUT2D eigenvalue weighted by Gasteiger charge is -2.19. The number of carbonyl (C=O) groups excluding carboxylic acids is 3. The zero-order chi connectivity index (χ0) is 21.0. The van der Waals surface area contributed by atoms with Crippen LogP contribution in [0.15, 0.2) is 46.9 Å². The lowest BCUT2D eigenvalue weighted by atomic mass is 10.1. The summed E-state index contributed by atoms with van der Waals surface area (Å²) in [4.78, 5) is 38.5. The minimum absolute atomic E-state index is 0.0665. The molecule has 8 heteroatoms. The van der Waals surface area contributed by atoms with E-state index in [1.807, 2.05) is 31.2 Å². The predicted octanol–water partition coefficient (Wildman–Crippen LogP) is 4.20. The van der Waals surface area contributed by atoms with Crippen LogP contribution in [-0.2, 0) is 25.5 Å². The van der Waals surface area contributed by atoms with Crippen molar-refractivity contribution >= 4 is 56.7 Å². The lowest BCUT2D eigenvalue weighted by molar-refractivity contribution is -0.151. The number of ether oxygens (including phenoxy) is 1. The first kappa shape index (κ1) is 21.3. The minimum Gasteiger partial charge on any atom is -0.455 e. The number of benzene rings is 2. The van der Waals surface area contributed by atoms with Gasteiger partial charge in [-0.3, -0.25) is 14.4 Å². The van der Waals surface area contributed by atoms with Crippen molar-refractivity contribution in [2.45, 2.75) is 19.8 Å². The molecule has 1 atom stereocenters. The second kappa shape index (κ2) is 9.41. The smallest absolute Gasteiger partial charge is 0.311 e.